The molecule has 112 valence electrons. The van der Waals surface area contributed by atoms with Crippen LogP contribution in [0.3, 0.4) is 0 Å². The zero-order valence-corrected chi connectivity index (χ0v) is 12.6. The van der Waals surface area contributed by atoms with Crippen LogP contribution in [0.25, 0.3) is 0 Å². The summed E-state index contributed by atoms with van der Waals surface area (Å²) < 4.78 is 0. The molecule has 0 saturated heterocycles. The highest BCUT2D eigenvalue weighted by Gasteiger charge is 2.27. The van der Waals surface area contributed by atoms with Crippen molar-refractivity contribution in [3.63, 3.8) is 0 Å². The quantitative estimate of drug-likeness (QED) is 0.777. The molecule has 0 radical (unpaired) electrons. The van der Waals surface area contributed by atoms with E-state index in [1.165, 1.54) is 24.3 Å². The van der Waals surface area contributed by atoms with Gasteiger partial charge in [0.25, 0.3) is 0 Å². The molecule has 21 heavy (non-hydrogen) atoms. The van der Waals surface area contributed by atoms with Gasteiger partial charge in [-0.05, 0) is 37.5 Å². The van der Waals surface area contributed by atoms with Gasteiger partial charge in [-0.25, -0.2) is 9.80 Å². The molecule has 1 aliphatic carbocycles. The number of fused-ring (bicyclic) bond motifs is 1. The number of hydrogen-bond donors (Lipinski definition) is 2. The summed E-state index contributed by atoms with van der Waals surface area (Å²) in [5.74, 6) is 0.412. The Morgan fingerprint density at radius 1 is 1.29 bits per heavy atom. The highest BCUT2D eigenvalue weighted by atomic mass is 16.2. The molecule has 0 bridgehead atoms. The first kappa shape index (κ1) is 13.9. The fraction of sp³-hybridized carbons (Fsp3) is 0.500. The van der Waals surface area contributed by atoms with Crippen molar-refractivity contribution in [2.45, 2.75) is 39.0 Å². The van der Waals surface area contributed by atoms with Crippen molar-refractivity contribution >= 4 is 23.1 Å². The maximum atomic E-state index is 12.1. The van der Waals surface area contributed by atoms with E-state index < -0.39 is 0 Å². The second-order valence-corrected chi connectivity index (χ2v) is 6.03. The van der Waals surface area contributed by atoms with E-state index in [0.29, 0.717) is 5.92 Å². The summed E-state index contributed by atoms with van der Waals surface area (Å²) in [5.41, 5.74) is 10.6. The Balaban J connectivity index is 2.10. The van der Waals surface area contributed by atoms with Crippen molar-refractivity contribution in [1.82, 2.24) is 5.01 Å². The van der Waals surface area contributed by atoms with Gasteiger partial charge in [-0.15, -0.1) is 0 Å². The van der Waals surface area contributed by atoms with Crippen LogP contribution >= 0.6 is 0 Å². The number of amides is 2. The Bertz CT molecular complexity index is 603. The fourth-order valence-corrected chi connectivity index (χ4v) is 3.17. The van der Waals surface area contributed by atoms with Crippen molar-refractivity contribution in [2.75, 3.05) is 18.1 Å². The van der Waals surface area contributed by atoms with Gasteiger partial charge < -0.3 is 11.1 Å². The lowest BCUT2D eigenvalue weighted by Gasteiger charge is -2.24. The second kappa shape index (κ2) is 5.39. The average molecular weight is 286 g/mol. The SMILES string of the molecule is Cc1cc2c(cc1N)C(C1CCCCC1)=NN(C)C(=O)N2. The van der Waals surface area contributed by atoms with Gasteiger partial charge in [-0.1, -0.05) is 19.3 Å². The molecular formula is C16H22N4O. The Morgan fingerprint density at radius 3 is 2.71 bits per heavy atom. The van der Waals surface area contributed by atoms with Crippen LogP contribution in [0.4, 0.5) is 16.2 Å². The minimum absolute atomic E-state index is 0.203. The number of carbonyl (C=O) groups excluding carboxylic acids is 1. The van der Waals surface area contributed by atoms with Crippen LogP contribution in [0.5, 0.6) is 0 Å². The number of nitrogens with one attached hydrogen (secondary N) is 1. The van der Waals surface area contributed by atoms with Gasteiger partial charge in [0, 0.05) is 24.2 Å². The Kier molecular flexibility index (Phi) is 3.57. The molecule has 0 atom stereocenters. The number of hydrazone groups is 1. The third-order valence-corrected chi connectivity index (χ3v) is 4.47. The number of anilines is 2. The summed E-state index contributed by atoms with van der Waals surface area (Å²) in [7, 11) is 1.69. The lowest BCUT2D eigenvalue weighted by Crippen LogP contribution is -2.26. The molecule has 1 saturated carbocycles. The lowest BCUT2D eigenvalue weighted by atomic mass is 9.82. The van der Waals surface area contributed by atoms with Crippen molar-refractivity contribution in [3.05, 3.63) is 23.3 Å². The van der Waals surface area contributed by atoms with Crippen molar-refractivity contribution < 1.29 is 4.79 Å². The summed E-state index contributed by atoms with van der Waals surface area (Å²) in [5, 5.41) is 8.90. The van der Waals surface area contributed by atoms with E-state index >= 15 is 0 Å². The second-order valence-electron chi connectivity index (χ2n) is 6.03. The molecule has 1 heterocycles. The molecule has 0 spiro atoms. The largest absolute Gasteiger partial charge is 0.398 e. The van der Waals surface area contributed by atoms with Crippen LogP contribution in [-0.2, 0) is 0 Å². The molecule has 1 aliphatic heterocycles. The van der Waals surface area contributed by atoms with Gasteiger partial charge >= 0.3 is 6.03 Å². The van der Waals surface area contributed by atoms with E-state index in [9.17, 15) is 4.79 Å². The molecule has 0 unspecified atom stereocenters. The zero-order chi connectivity index (χ0) is 15.0. The molecule has 3 N–H and O–H groups in total. The molecule has 1 aromatic carbocycles. The standard InChI is InChI=1S/C16H22N4O/c1-10-8-14-12(9-13(10)17)15(11-6-4-3-5-7-11)19-20(2)16(21)18-14/h8-9,11H,3-7,17H2,1-2H3,(H,18,21). The highest BCUT2D eigenvalue weighted by Crippen LogP contribution is 2.33. The van der Waals surface area contributed by atoms with E-state index in [1.807, 2.05) is 19.1 Å². The third-order valence-electron chi connectivity index (χ3n) is 4.47. The maximum Gasteiger partial charge on any atom is 0.342 e. The Labute approximate surface area is 125 Å². The average Bonchev–Trinajstić information content (AvgIpc) is 2.59. The van der Waals surface area contributed by atoms with Gasteiger partial charge in [0.15, 0.2) is 0 Å². The zero-order valence-electron chi connectivity index (χ0n) is 12.6. The van der Waals surface area contributed by atoms with Crippen molar-refractivity contribution in [1.29, 1.82) is 0 Å². The number of nitrogens with zero attached hydrogens (tertiary/aromatic N) is 2. The number of aryl methyl sites for hydroxylation is 1. The van der Waals surface area contributed by atoms with Crippen LogP contribution in [0, 0.1) is 12.8 Å². The first-order valence-electron chi connectivity index (χ1n) is 7.60. The number of hydrogen-bond acceptors (Lipinski definition) is 3. The predicted octanol–water partition coefficient (Wildman–Crippen LogP) is 3.34. The number of nitrogen functional groups attached to an aromatic ring is 1. The van der Waals surface area contributed by atoms with Crippen molar-refractivity contribution in [3.8, 4) is 0 Å². The molecule has 1 aromatic rings. The Hall–Kier alpha value is -2.04. The molecule has 1 fully saturated rings. The molecule has 5 nitrogen and oxygen atoms in total. The lowest BCUT2D eigenvalue weighted by molar-refractivity contribution is 0.224. The first-order chi connectivity index (χ1) is 10.1. The topological polar surface area (TPSA) is 70.7 Å². The monoisotopic (exact) mass is 286 g/mol. The van der Waals surface area contributed by atoms with E-state index in [2.05, 4.69) is 10.4 Å². The van der Waals surface area contributed by atoms with Crippen LogP contribution in [0.1, 0.15) is 43.2 Å². The van der Waals surface area contributed by atoms with Crippen LogP contribution < -0.4 is 11.1 Å². The molecule has 2 aliphatic rings. The molecule has 0 aromatic heterocycles. The van der Waals surface area contributed by atoms with Gasteiger partial charge in [0.2, 0.25) is 0 Å². The minimum Gasteiger partial charge on any atom is -0.398 e. The van der Waals surface area contributed by atoms with E-state index in [4.69, 9.17) is 5.73 Å². The van der Waals surface area contributed by atoms with Crippen LogP contribution in [0.15, 0.2) is 17.2 Å². The van der Waals surface area contributed by atoms with E-state index in [0.717, 1.165) is 41.1 Å². The van der Waals surface area contributed by atoms with Crippen molar-refractivity contribution in [2.24, 2.45) is 11.0 Å². The number of benzene rings is 1. The number of rotatable bonds is 1. The predicted molar refractivity (Wildman–Crippen MR) is 85.5 cm³/mol. The van der Waals surface area contributed by atoms with Crippen LogP contribution in [-0.4, -0.2) is 23.8 Å². The minimum atomic E-state index is -0.203. The van der Waals surface area contributed by atoms with Gasteiger partial charge in [0.05, 0.1) is 11.4 Å². The summed E-state index contributed by atoms with van der Waals surface area (Å²) in [4.78, 5) is 12.1. The van der Waals surface area contributed by atoms with Gasteiger partial charge in [0.1, 0.15) is 0 Å². The number of nitrogens with two attached hydrogens (primary N) is 1. The maximum absolute atomic E-state index is 12.1. The summed E-state index contributed by atoms with van der Waals surface area (Å²) in [6, 6.07) is 3.70. The van der Waals surface area contributed by atoms with Crippen LogP contribution in [0.2, 0.25) is 0 Å². The van der Waals surface area contributed by atoms with E-state index in [1.54, 1.807) is 7.05 Å². The smallest absolute Gasteiger partial charge is 0.342 e. The molecule has 2 amide bonds. The number of carbonyl (C=O) groups is 1. The molecule has 5 heteroatoms. The molecule has 3 rings (SSSR count). The van der Waals surface area contributed by atoms with Gasteiger partial charge in [-0.2, -0.15) is 5.10 Å². The van der Waals surface area contributed by atoms with E-state index in [-0.39, 0.29) is 6.03 Å². The highest BCUT2D eigenvalue weighted by molar-refractivity contribution is 6.11. The summed E-state index contributed by atoms with van der Waals surface area (Å²) in [6.45, 7) is 1.95. The van der Waals surface area contributed by atoms with Gasteiger partial charge in [-0.3, -0.25) is 0 Å². The Morgan fingerprint density at radius 2 is 2.00 bits per heavy atom. The molecular weight excluding hydrogens is 264 g/mol. The normalized spacial score (nSPS) is 19.6. The summed E-state index contributed by atoms with van der Waals surface area (Å²) >= 11 is 0. The first-order valence-corrected chi connectivity index (χ1v) is 7.60. The number of urea groups is 1. The fourth-order valence-electron chi connectivity index (χ4n) is 3.17. The summed E-state index contributed by atoms with van der Waals surface area (Å²) in [6.07, 6.45) is 6.01. The third kappa shape index (κ3) is 2.60.